The van der Waals surface area contributed by atoms with Crippen molar-refractivity contribution in [2.75, 3.05) is 18.0 Å². The highest BCUT2D eigenvalue weighted by Gasteiger charge is 2.27. The Bertz CT molecular complexity index is 371. The van der Waals surface area contributed by atoms with Gasteiger partial charge in [-0.25, -0.2) is 0 Å². The van der Waals surface area contributed by atoms with Crippen molar-refractivity contribution < 1.29 is 5.11 Å². The van der Waals surface area contributed by atoms with Gasteiger partial charge < -0.3 is 10.0 Å². The van der Waals surface area contributed by atoms with E-state index < -0.39 is 0 Å². The molecule has 2 aliphatic rings. The second kappa shape index (κ2) is 3.44. The number of rotatable bonds is 2. The number of hydrogen-bond donors (Lipinski definition) is 1. The van der Waals surface area contributed by atoms with Crippen molar-refractivity contribution in [2.45, 2.75) is 25.7 Å². The van der Waals surface area contributed by atoms with Crippen LogP contribution in [0.3, 0.4) is 0 Å². The number of nitrogens with zero attached hydrogens (tertiary/aromatic N) is 1. The fraction of sp³-hybridized carbons (Fsp3) is 0.538. The summed E-state index contributed by atoms with van der Waals surface area (Å²) in [7, 11) is 0. The Balaban J connectivity index is 1.91. The first-order chi connectivity index (χ1) is 7.34. The highest BCUT2D eigenvalue weighted by atomic mass is 16.3. The summed E-state index contributed by atoms with van der Waals surface area (Å²) in [6.45, 7) is 2.35. The molecule has 0 unspecified atom stereocenters. The first kappa shape index (κ1) is 9.08. The van der Waals surface area contributed by atoms with Gasteiger partial charge >= 0.3 is 0 Å². The SMILES string of the molecule is Oc1cccc2c1CCCN2CC1CC1. The molecule has 15 heavy (non-hydrogen) atoms. The zero-order valence-corrected chi connectivity index (χ0v) is 8.95. The van der Waals surface area contributed by atoms with Crippen LogP contribution in [0.1, 0.15) is 24.8 Å². The summed E-state index contributed by atoms with van der Waals surface area (Å²) in [6, 6.07) is 5.91. The molecule has 1 saturated carbocycles. The third-order valence-corrected chi connectivity index (χ3v) is 3.50. The van der Waals surface area contributed by atoms with E-state index in [0.29, 0.717) is 5.75 Å². The van der Waals surface area contributed by atoms with Gasteiger partial charge in [0.05, 0.1) is 0 Å². The zero-order valence-electron chi connectivity index (χ0n) is 8.95. The molecule has 0 aromatic heterocycles. The second-order valence-electron chi connectivity index (χ2n) is 4.77. The predicted octanol–water partition coefficient (Wildman–Crippen LogP) is 2.55. The average molecular weight is 203 g/mol. The minimum Gasteiger partial charge on any atom is -0.508 e. The minimum absolute atomic E-state index is 0.480. The molecule has 1 heterocycles. The van der Waals surface area contributed by atoms with Crippen molar-refractivity contribution in [3.05, 3.63) is 23.8 Å². The molecule has 0 radical (unpaired) electrons. The van der Waals surface area contributed by atoms with Gasteiger partial charge in [-0.2, -0.15) is 0 Å². The predicted molar refractivity (Wildman–Crippen MR) is 61.4 cm³/mol. The van der Waals surface area contributed by atoms with Crippen molar-refractivity contribution in [1.29, 1.82) is 0 Å². The number of aromatic hydroxyl groups is 1. The van der Waals surface area contributed by atoms with E-state index in [9.17, 15) is 5.11 Å². The molecule has 0 spiro atoms. The Morgan fingerprint density at radius 1 is 1.33 bits per heavy atom. The molecule has 0 saturated heterocycles. The fourth-order valence-corrected chi connectivity index (χ4v) is 2.48. The molecular weight excluding hydrogens is 186 g/mol. The molecular formula is C13H17NO. The Morgan fingerprint density at radius 3 is 3.00 bits per heavy atom. The molecule has 1 aromatic rings. The molecule has 1 fully saturated rings. The lowest BCUT2D eigenvalue weighted by Gasteiger charge is -2.31. The molecule has 2 nitrogen and oxygen atoms in total. The van der Waals surface area contributed by atoms with Crippen LogP contribution in [-0.2, 0) is 6.42 Å². The molecule has 3 rings (SSSR count). The normalized spacial score (nSPS) is 20.1. The van der Waals surface area contributed by atoms with Crippen LogP contribution in [0.4, 0.5) is 5.69 Å². The van der Waals surface area contributed by atoms with Gasteiger partial charge in [0.2, 0.25) is 0 Å². The van der Waals surface area contributed by atoms with Crippen LogP contribution in [0.5, 0.6) is 5.75 Å². The Hall–Kier alpha value is -1.18. The smallest absolute Gasteiger partial charge is 0.120 e. The van der Waals surface area contributed by atoms with Crippen LogP contribution in [0.15, 0.2) is 18.2 Å². The average Bonchev–Trinajstić information content (AvgIpc) is 3.04. The maximum atomic E-state index is 9.80. The van der Waals surface area contributed by atoms with Gasteiger partial charge in [0, 0.05) is 24.3 Å². The van der Waals surface area contributed by atoms with Crippen LogP contribution >= 0.6 is 0 Å². The van der Waals surface area contributed by atoms with E-state index in [2.05, 4.69) is 11.0 Å². The summed E-state index contributed by atoms with van der Waals surface area (Å²) in [4.78, 5) is 2.45. The summed E-state index contributed by atoms with van der Waals surface area (Å²) in [5.74, 6) is 1.39. The van der Waals surface area contributed by atoms with Crippen LogP contribution in [-0.4, -0.2) is 18.2 Å². The summed E-state index contributed by atoms with van der Waals surface area (Å²) in [5.41, 5.74) is 2.43. The van der Waals surface area contributed by atoms with E-state index in [-0.39, 0.29) is 0 Å². The van der Waals surface area contributed by atoms with Crippen LogP contribution in [0.25, 0.3) is 0 Å². The Kier molecular flexibility index (Phi) is 2.08. The summed E-state index contributed by atoms with van der Waals surface area (Å²) >= 11 is 0. The molecule has 1 aliphatic carbocycles. The number of hydrogen-bond acceptors (Lipinski definition) is 2. The van der Waals surface area contributed by atoms with Crippen LogP contribution in [0.2, 0.25) is 0 Å². The lowest BCUT2D eigenvalue weighted by molar-refractivity contribution is 0.464. The van der Waals surface area contributed by atoms with E-state index in [1.165, 1.54) is 31.5 Å². The van der Waals surface area contributed by atoms with Crippen molar-refractivity contribution in [3.63, 3.8) is 0 Å². The Morgan fingerprint density at radius 2 is 2.20 bits per heavy atom. The molecule has 0 amide bonds. The van der Waals surface area contributed by atoms with Gasteiger partial charge in [0.25, 0.3) is 0 Å². The van der Waals surface area contributed by atoms with Gasteiger partial charge in [0.1, 0.15) is 5.75 Å². The molecule has 0 bridgehead atoms. The van der Waals surface area contributed by atoms with Crippen molar-refractivity contribution in [3.8, 4) is 5.75 Å². The number of benzene rings is 1. The van der Waals surface area contributed by atoms with Gasteiger partial charge in [-0.15, -0.1) is 0 Å². The van der Waals surface area contributed by atoms with Gasteiger partial charge in [-0.1, -0.05) is 6.07 Å². The number of fused-ring (bicyclic) bond motifs is 1. The minimum atomic E-state index is 0.480. The van der Waals surface area contributed by atoms with Gasteiger partial charge in [-0.05, 0) is 43.7 Å². The van der Waals surface area contributed by atoms with Gasteiger partial charge in [-0.3, -0.25) is 0 Å². The van der Waals surface area contributed by atoms with E-state index >= 15 is 0 Å². The zero-order chi connectivity index (χ0) is 10.3. The largest absolute Gasteiger partial charge is 0.508 e. The summed E-state index contributed by atoms with van der Waals surface area (Å²) < 4.78 is 0. The third kappa shape index (κ3) is 1.69. The van der Waals surface area contributed by atoms with E-state index in [1.807, 2.05) is 6.07 Å². The van der Waals surface area contributed by atoms with Crippen LogP contribution in [0, 0.1) is 5.92 Å². The molecule has 2 heteroatoms. The van der Waals surface area contributed by atoms with E-state index in [1.54, 1.807) is 6.07 Å². The van der Waals surface area contributed by atoms with Crippen molar-refractivity contribution in [2.24, 2.45) is 5.92 Å². The lowest BCUT2D eigenvalue weighted by atomic mass is 10.0. The molecule has 0 atom stereocenters. The number of phenolic OH excluding ortho intramolecular Hbond substituents is 1. The molecule has 1 aromatic carbocycles. The summed E-state index contributed by atoms with van der Waals surface area (Å²) in [5, 5.41) is 9.80. The molecule has 80 valence electrons. The van der Waals surface area contributed by atoms with E-state index in [4.69, 9.17) is 0 Å². The highest BCUT2D eigenvalue weighted by Crippen LogP contribution is 2.37. The highest BCUT2D eigenvalue weighted by molar-refractivity contribution is 5.60. The van der Waals surface area contributed by atoms with Gasteiger partial charge in [0.15, 0.2) is 0 Å². The van der Waals surface area contributed by atoms with E-state index in [0.717, 1.165) is 24.4 Å². The third-order valence-electron chi connectivity index (χ3n) is 3.50. The fourth-order valence-electron chi connectivity index (χ4n) is 2.48. The lowest BCUT2D eigenvalue weighted by Crippen LogP contribution is -2.31. The Labute approximate surface area is 90.5 Å². The number of anilines is 1. The maximum absolute atomic E-state index is 9.80. The first-order valence-corrected chi connectivity index (χ1v) is 5.90. The molecule has 1 N–H and O–H groups in total. The van der Waals surface area contributed by atoms with Crippen LogP contribution < -0.4 is 4.90 Å². The standard InChI is InChI=1S/C13H17NO/c15-13-5-1-4-12-11(13)3-2-8-14(12)9-10-6-7-10/h1,4-5,10,15H,2-3,6-9H2. The van der Waals surface area contributed by atoms with Crippen molar-refractivity contribution >= 4 is 5.69 Å². The monoisotopic (exact) mass is 203 g/mol. The first-order valence-electron chi connectivity index (χ1n) is 5.90. The van der Waals surface area contributed by atoms with Crippen molar-refractivity contribution in [1.82, 2.24) is 0 Å². The summed E-state index contributed by atoms with van der Waals surface area (Å²) in [6.07, 6.45) is 5.00. The number of phenols is 1. The topological polar surface area (TPSA) is 23.5 Å². The second-order valence-corrected chi connectivity index (χ2v) is 4.77. The molecule has 1 aliphatic heterocycles. The quantitative estimate of drug-likeness (QED) is 0.798. The maximum Gasteiger partial charge on any atom is 0.120 e.